The summed E-state index contributed by atoms with van der Waals surface area (Å²) < 4.78 is 0. The van der Waals surface area contributed by atoms with Crippen LogP contribution in [0.25, 0.3) is 10.9 Å². The first kappa shape index (κ1) is 10.0. The lowest BCUT2D eigenvalue weighted by molar-refractivity contribution is 0.800. The van der Waals surface area contributed by atoms with Gasteiger partial charge in [-0.15, -0.1) is 0 Å². The number of nitrogens with zero attached hydrogens (tertiary/aromatic N) is 1. The Bertz CT molecular complexity index is 686. The number of H-pyrrole nitrogens is 1. The summed E-state index contributed by atoms with van der Waals surface area (Å²) in [5.74, 6) is 0. The highest BCUT2D eigenvalue weighted by molar-refractivity contribution is 6.10. The van der Waals surface area contributed by atoms with E-state index < -0.39 is 6.29 Å². The van der Waals surface area contributed by atoms with E-state index in [4.69, 9.17) is 5.73 Å². The van der Waals surface area contributed by atoms with Crippen LogP contribution in [-0.4, -0.2) is 17.0 Å². The van der Waals surface area contributed by atoms with Crippen LogP contribution in [0.5, 0.6) is 0 Å². The molecule has 5 nitrogen and oxygen atoms in total. The molecule has 0 saturated heterocycles. The van der Waals surface area contributed by atoms with Gasteiger partial charge >= 0.3 is 0 Å². The van der Waals surface area contributed by atoms with E-state index in [0.717, 1.165) is 16.6 Å². The Hall–Kier alpha value is -2.14. The minimum Gasteiger partial charge on any atom is -0.350 e. The normalized spacial score (nSPS) is 18.5. The van der Waals surface area contributed by atoms with Gasteiger partial charge in [-0.25, -0.2) is 4.99 Å². The molecule has 0 fully saturated rings. The molecule has 4 N–H and O–H groups in total. The first-order valence-corrected chi connectivity index (χ1v) is 5.39. The Morgan fingerprint density at radius 2 is 2.12 bits per heavy atom. The Balaban J connectivity index is 2.46. The highest BCUT2D eigenvalue weighted by atomic mass is 16.1. The number of anilines is 1. The molecule has 0 amide bonds. The van der Waals surface area contributed by atoms with Crippen LogP contribution < -0.4 is 16.6 Å². The van der Waals surface area contributed by atoms with Crippen molar-refractivity contribution >= 4 is 22.3 Å². The number of aromatic nitrogens is 1. The Morgan fingerprint density at radius 1 is 1.35 bits per heavy atom. The number of para-hydroxylation sites is 1. The van der Waals surface area contributed by atoms with Crippen molar-refractivity contribution in [1.82, 2.24) is 4.98 Å². The zero-order valence-corrected chi connectivity index (χ0v) is 9.32. The molecule has 0 bridgehead atoms. The molecule has 3 rings (SSSR count). The number of rotatable bonds is 0. The number of pyridine rings is 1. The largest absolute Gasteiger partial charge is 0.350 e. The Morgan fingerprint density at radius 3 is 2.94 bits per heavy atom. The fraction of sp³-hybridized carbons (Fsp3) is 0.167. The van der Waals surface area contributed by atoms with Crippen LogP contribution >= 0.6 is 0 Å². The minimum atomic E-state index is -0.493. The SMILES string of the molecule is CC1=NC(N)Nc2c1c(=O)[nH]c1ccccc21. The standard InChI is InChI=1S/C12H12N4O/c1-6-9-10(16-12(13)14-6)7-4-2-3-5-8(7)15-11(9)17/h2-5,12,16H,13H2,1H3,(H,15,17). The van der Waals surface area contributed by atoms with E-state index in [1.54, 1.807) is 6.92 Å². The molecular weight excluding hydrogens is 216 g/mol. The first-order valence-electron chi connectivity index (χ1n) is 5.39. The van der Waals surface area contributed by atoms with Gasteiger partial charge in [-0.3, -0.25) is 10.5 Å². The lowest BCUT2D eigenvalue weighted by Gasteiger charge is -2.22. The molecular formula is C12H12N4O. The predicted molar refractivity (Wildman–Crippen MR) is 68.4 cm³/mol. The summed E-state index contributed by atoms with van der Waals surface area (Å²) in [6, 6.07) is 7.62. The van der Waals surface area contributed by atoms with Crippen molar-refractivity contribution in [2.24, 2.45) is 10.7 Å². The van der Waals surface area contributed by atoms with Gasteiger partial charge in [-0.05, 0) is 13.0 Å². The lowest BCUT2D eigenvalue weighted by Crippen LogP contribution is -2.35. The number of aromatic amines is 1. The molecule has 1 aromatic carbocycles. The highest BCUT2D eigenvalue weighted by Gasteiger charge is 2.20. The zero-order chi connectivity index (χ0) is 12.0. The van der Waals surface area contributed by atoms with Gasteiger partial charge in [0.1, 0.15) is 0 Å². The van der Waals surface area contributed by atoms with E-state index in [1.807, 2.05) is 24.3 Å². The summed E-state index contributed by atoms with van der Waals surface area (Å²) in [4.78, 5) is 19.0. The van der Waals surface area contributed by atoms with Crippen molar-refractivity contribution in [3.63, 3.8) is 0 Å². The molecule has 0 aliphatic carbocycles. The van der Waals surface area contributed by atoms with Gasteiger partial charge < -0.3 is 10.3 Å². The Kier molecular flexibility index (Phi) is 2.02. The van der Waals surface area contributed by atoms with Gasteiger partial charge in [0.05, 0.1) is 22.5 Å². The summed E-state index contributed by atoms with van der Waals surface area (Å²) in [7, 11) is 0. The molecule has 2 aromatic rings. The number of hydrogen-bond donors (Lipinski definition) is 3. The van der Waals surface area contributed by atoms with Crippen LogP contribution in [0.2, 0.25) is 0 Å². The van der Waals surface area contributed by atoms with Gasteiger partial charge in [0.2, 0.25) is 0 Å². The maximum atomic E-state index is 12.0. The third kappa shape index (κ3) is 1.43. The quantitative estimate of drug-likeness (QED) is 0.629. The van der Waals surface area contributed by atoms with E-state index in [0.29, 0.717) is 11.3 Å². The molecule has 5 heteroatoms. The molecule has 1 aliphatic heterocycles. The molecule has 0 radical (unpaired) electrons. The predicted octanol–water partition coefficient (Wildman–Crippen LogP) is 1.00. The second kappa shape index (κ2) is 3.43. The van der Waals surface area contributed by atoms with E-state index >= 15 is 0 Å². The van der Waals surface area contributed by atoms with E-state index in [9.17, 15) is 4.79 Å². The molecule has 0 saturated carbocycles. The molecule has 17 heavy (non-hydrogen) atoms. The van der Waals surface area contributed by atoms with E-state index in [-0.39, 0.29) is 5.56 Å². The molecule has 1 atom stereocenters. The van der Waals surface area contributed by atoms with E-state index in [2.05, 4.69) is 15.3 Å². The second-order valence-electron chi connectivity index (χ2n) is 4.05. The van der Waals surface area contributed by atoms with Crippen LogP contribution in [0.15, 0.2) is 34.1 Å². The maximum Gasteiger partial charge on any atom is 0.259 e. The summed E-state index contributed by atoms with van der Waals surface area (Å²) in [5, 5.41) is 4.00. The van der Waals surface area contributed by atoms with Gasteiger partial charge in [0.15, 0.2) is 6.29 Å². The average molecular weight is 228 g/mol. The van der Waals surface area contributed by atoms with Crippen LogP contribution in [0.4, 0.5) is 5.69 Å². The number of aliphatic imine (C=N–C) groups is 1. The fourth-order valence-corrected chi connectivity index (χ4v) is 2.19. The maximum absolute atomic E-state index is 12.0. The summed E-state index contributed by atoms with van der Waals surface area (Å²) in [5.41, 5.74) is 8.44. The number of fused-ring (bicyclic) bond motifs is 3. The van der Waals surface area contributed by atoms with Crippen molar-refractivity contribution in [3.8, 4) is 0 Å². The van der Waals surface area contributed by atoms with Gasteiger partial charge in [-0.2, -0.15) is 0 Å². The highest BCUT2D eigenvalue weighted by Crippen LogP contribution is 2.26. The first-order chi connectivity index (χ1) is 8.16. The molecule has 1 aliphatic rings. The molecule has 1 aromatic heterocycles. The number of benzene rings is 1. The van der Waals surface area contributed by atoms with Crippen LogP contribution in [-0.2, 0) is 0 Å². The third-order valence-electron chi connectivity index (χ3n) is 2.91. The number of hydrogen-bond acceptors (Lipinski definition) is 4. The fourth-order valence-electron chi connectivity index (χ4n) is 2.19. The molecule has 0 spiro atoms. The van der Waals surface area contributed by atoms with Crippen molar-refractivity contribution in [2.45, 2.75) is 13.2 Å². The minimum absolute atomic E-state index is 0.139. The Labute approximate surface area is 97.4 Å². The zero-order valence-electron chi connectivity index (χ0n) is 9.32. The molecule has 86 valence electrons. The average Bonchev–Trinajstić information content (AvgIpc) is 2.28. The topological polar surface area (TPSA) is 83.3 Å². The second-order valence-corrected chi connectivity index (χ2v) is 4.05. The number of nitrogens with one attached hydrogen (secondary N) is 2. The van der Waals surface area contributed by atoms with Crippen LogP contribution in [0.3, 0.4) is 0 Å². The molecule has 1 unspecified atom stereocenters. The smallest absolute Gasteiger partial charge is 0.259 e. The van der Waals surface area contributed by atoms with Crippen LogP contribution in [0.1, 0.15) is 12.5 Å². The van der Waals surface area contributed by atoms with Gasteiger partial charge in [0, 0.05) is 5.39 Å². The summed E-state index contributed by atoms with van der Waals surface area (Å²) >= 11 is 0. The molecule has 2 heterocycles. The monoisotopic (exact) mass is 228 g/mol. The van der Waals surface area contributed by atoms with Crippen molar-refractivity contribution in [1.29, 1.82) is 0 Å². The third-order valence-corrected chi connectivity index (χ3v) is 2.91. The summed E-state index contributed by atoms with van der Waals surface area (Å²) in [6.07, 6.45) is -0.493. The van der Waals surface area contributed by atoms with Crippen molar-refractivity contribution < 1.29 is 0 Å². The number of nitrogens with two attached hydrogens (primary N) is 1. The van der Waals surface area contributed by atoms with Crippen molar-refractivity contribution in [2.75, 3.05) is 5.32 Å². The van der Waals surface area contributed by atoms with E-state index in [1.165, 1.54) is 0 Å². The lowest BCUT2D eigenvalue weighted by atomic mass is 10.0. The van der Waals surface area contributed by atoms with Crippen molar-refractivity contribution in [3.05, 3.63) is 40.2 Å². The van der Waals surface area contributed by atoms with Crippen LogP contribution in [0, 0.1) is 0 Å². The van der Waals surface area contributed by atoms with Gasteiger partial charge in [0.25, 0.3) is 5.56 Å². The summed E-state index contributed by atoms with van der Waals surface area (Å²) in [6.45, 7) is 1.80. The van der Waals surface area contributed by atoms with Gasteiger partial charge in [-0.1, -0.05) is 18.2 Å².